The van der Waals surface area contributed by atoms with Crippen LogP contribution in [0, 0.1) is 0 Å². The minimum atomic E-state index is -4.96. The number of benzene rings is 1. The second-order valence-corrected chi connectivity index (χ2v) is 3.77. The van der Waals surface area contributed by atoms with Gasteiger partial charge >= 0.3 is 12.1 Å². The summed E-state index contributed by atoms with van der Waals surface area (Å²) < 4.78 is 39.3. The summed E-state index contributed by atoms with van der Waals surface area (Å²) in [5.41, 5.74) is 1.85. The van der Waals surface area contributed by atoms with Crippen LogP contribution < -0.4 is 5.73 Å². The number of halogens is 3. The molecule has 0 aliphatic heterocycles. The lowest BCUT2D eigenvalue weighted by molar-refractivity contribution is -0.209. The monoisotopic (exact) mass is 247 g/mol. The van der Waals surface area contributed by atoms with Crippen molar-refractivity contribution in [1.29, 1.82) is 0 Å². The molecule has 0 aliphatic carbocycles. The fourth-order valence-corrected chi connectivity index (χ4v) is 1.83. The maximum atomic E-state index is 13.1. The van der Waals surface area contributed by atoms with Crippen LogP contribution in [0.25, 0.3) is 0 Å². The molecule has 17 heavy (non-hydrogen) atoms. The van der Waals surface area contributed by atoms with E-state index in [4.69, 9.17) is 10.8 Å². The number of hydrogen-bond donors (Lipinski definition) is 2. The number of hydrogen-bond acceptors (Lipinski definition) is 2. The number of carboxylic acids is 1. The highest BCUT2D eigenvalue weighted by Gasteiger charge is 2.64. The van der Waals surface area contributed by atoms with Crippen molar-refractivity contribution in [2.75, 3.05) is 0 Å². The van der Waals surface area contributed by atoms with Gasteiger partial charge in [-0.05, 0) is 12.5 Å². The Kier molecular flexibility index (Phi) is 3.47. The zero-order chi connectivity index (χ0) is 13.3. The lowest BCUT2D eigenvalue weighted by Crippen LogP contribution is -2.59. The first kappa shape index (κ1) is 13.5. The summed E-state index contributed by atoms with van der Waals surface area (Å²) in [5.74, 6) is -1.99. The van der Waals surface area contributed by atoms with E-state index in [9.17, 15) is 18.0 Å². The van der Waals surface area contributed by atoms with Gasteiger partial charge in [-0.3, -0.25) is 4.79 Å². The molecule has 0 amide bonds. The Morgan fingerprint density at radius 2 is 1.76 bits per heavy atom. The number of aliphatic carboxylic acids is 1. The number of carbonyl (C=O) groups is 1. The van der Waals surface area contributed by atoms with Crippen molar-refractivity contribution >= 4 is 5.97 Å². The van der Waals surface area contributed by atoms with Crippen molar-refractivity contribution in [1.82, 2.24) is 0 Å². The number of alkyl halides is 3. The van der Waals surface area contributed by atoms with Crippen molar-refractivity contribution in [2.24, 2.45) is 5.73 Å². The first-order valence-electron chi connectivity index (χ1n) is 4.85. The molecule has 0 saturated heterocycles. The molecule has 0 aromatic heterocycles. The Labute approximate surface area is 96.0 Å². The van der Waals surface area contributed by atoms with Crippen LogP contribution in [-0.4, -0.2) is 23.3 Å². The third-order valence-electron chi connectivity index (χ3n) is 2.70. The zero-order valence-corrected chi connectivity index (χ0v) is 9.03. The summed E-state index contributed by atoms with van der Waals surface area (Å²) in [5, 5.41) is 8.98. The van der Waals surface area contributed by atoms with Crippen LogP contribution in [0.1, 0.15) is 12.5 Å². The molecule has 1 rings (SSSR count). The second kappa shape index (κ2) is 4.37. The topological polar surface area (TPSA) is 63.3 Å². The molecule has 6 heteroatoms. The van der Waals surface area contributed by atoms with E-state index in [-0.39, 0.29) is 5.56 Å². The molecule has 3 nitrogen and oxygen atoms in total. The van der Waals surface area contributed by atoms with Gasteiger partial charge < -0.3 is 10.8 Å². The van der Waals surface area contributed by atoms with Crippen molar-refractivity contribution in [3.63, 3.8) is 0 Å². The Bertz CT molecular complexity index is 403. The van der Waals surface area contributed by atoms with Gasteiger partial charge in [-0.1, -0.05) is 30.3 Å². The Morgan fingerprint density at radius 1 is 1.29 bits per heavy atom. The summed E-state index contributed by atoms with van der Waals surface area (Å²) in [7, 11) is 0. The van der Waals surface area contributed by atoms with E-state index >= 15 is 0 Å². The molecule has 0 heterocycles. The van der Waals surface area contributed by atoms with Gasteiger partial charge in [0.2, 0.25) is 5.41 Å². The van der Waals surface area contributed by atoms with Crippen LogP contribution in [0.15, 0.2) is 30.3 Å². The summed E-state index contributed by atoms with van der Waals surface area (Å²) in [6.45, 7) is 1.04. The lowest BCUT2D eigenvalue weighted by atomic mass is 9.74. The van der Waals surface area contributed by atoms with Gasteiger partial charge in [0.15, 0.2) is 0 Å². The third kappa shape index (κ3) is 2.00. The molecular formula is C11H12F3NO2. The normalized spacial score (nSPS) is 17.2. The van der Waals surface area contributed by atoms with Gasteiger partial charge in [0, 0.05) is 6.04 Å². The summed E-state index contributed by atoms with van der Waals surface area (Å²) >= 11 is 0. The van der Waals surface area contributed by atoms with Gasteiger partial charge in [-0.15, -0.1) is 0 Å². The molecule has 0 spiro atoms. The summed E-state index contributed by atoms with van der Waals surface area (Å²) in [6, 6.07) is 4.84. The molecule has 0 fully saturated rings. The molecule has 0 radical (unpaired) electrons. The molecule has 0 aliphatic rings. The predicted molar refractivity (Wildman–Crippen MR) is 55.5 cm³/mol. The molecule has 94 valence electrons. The standard InChI is InChI=1S/C11H12F3NO2/c1-7(15)10(9(16)17,11(12,13)14)8-5-3-2-4-6-8/h2-7H,15H2,1H3,(H,16,17). The van der Waals surface area contributed by atoms with Crippen molar-refractivity contribution in [2.45, 2.75) is 24.6 Å². The Balaban J connectivity index is 3.54. The number of nitrogens with two attached hydrogens (primary N) is 1. The van der Waals surface area contributed by atoms with Gasteiger partial charge in [0.1, 0.15) is 0 Å². The maximum Gasteiger partial charge on any atom is 0.410 e. The molecule has 3 N–H and O–H groups in total. The van der Waals surface area contributed by atoms with Crippen LogP contribution >= 0.6 is 0 Å². The van der Waals surface area contributed by atoms with Crippen molar-refractivity contribution in [3.05, 3.63) is 35.9 Å². The first-order chi connectivity index (χ1) is 7.74. The minimum Gasteiger partial charge on any atom is -0.480 e. The Morgan fingerprint density at radius 3 is 2.06 bits per heavy atom. The summed E-state index contributed by atoms with van der Waals surface area (Å²) in [6.07, 6.45) is -4.96. The summed E-state index contributed by atoms with van der Waals surface area (Å²) in [4.78, 5) is 11.1. The predicted octanol–water partition coefficient (Wildman–Crippen LogP) is 1.92. The van der Waals surface area contributed by atoms with E-state index in [0.717, 1.165) is 19.1 Å². The van der Waals surface area contributed by atoms with Gasteiger partial charge in [0.25, 0.3) is 0 Å². The highest BCUT2D eigenvalue weighted by atomic mass is 19.4. The highest BCUT2D eigenvalue weighted by molar-refractivity contribution is 5.83. The molecule has 2 atom stereocenters. The fraction of sp³-hybridized carbons (Fsp3) is 0.364. The van der Waals surface area contributed by atoms with E-state index in [1.54, 1.807) is 0 Å². The van der Waals surface area contributed by atoms with Crippen molar-refractivity contribution in [3.8, 4) is 0 Å². The SMILES string of the molecule is CC(N)C(C(=O)O)(c1ccccc1)C(F)(F)F. The van der Waals surface area contributed by atoms with Crippen LogP contribution in [0.3, 0.4) is 0 Å². The number of carboxylic acid groups (broad SMARTS) is 1. The highest BCUT2D eigenvalue weighted by Crippen LogP contribution is 2.43. The van der Waals surface area contributed by atoms with Crippen molar-refractivity contribution < 1.29 is 23.1 Å². The average Bonchev–Trinajstić information content (AvgIpc) is 2.16. The average molecular weight is 247 g/mol. The molecule has 0 bridgehead atoms. The van der Waals surface area contributed by atoms with Gasteiger partial charge in [0.05, 0.1) is 0 Å². The van der Waals surface area contributed by atoms with E-state index in [1.807, 2.05) is 0 Å². The molecular weight excluding hydrogens is 235 g/mol. The molecule has 0 saturated carbocycles. The zero-order valence-electron chi connectivity index (χ0n) is 9.03. The largest absolute Gasteiger partial charge is 0.480 e. The fourth-order valence-electron chi connectivity index (χ4n) is 1.83. The quantitative estimate of drug-likeness (QED) is 0.857. The molecule has 1 aromatic rings. The van der Waals surface area contributed by atoms with Gasteiger partial charge in [-0.25, -0.2) is 0 Å². The third-order valence-corrected chi connectivity index (χ3v) is 2.70. The minimum absolute atomic E-state index is 0.366. The second-order valence-electron chi connectivity index (χ2n) is 3.77. The van der Waals surface area contributed by atoms with Crippen LogP contribution in [-0.2, 0) is 10.2 Å². The first-order valence-corrected chi connectivity index (χ1v) is 4.85. The van der Waals surface area contributed by atoms with E-state index < -0.39 is 23.6 Å². The lowest BCUT2D eigenvalue weighted by Gasteiger charge is -2.35. The van der Waals surface area contributed by atoms with E-state index in [0.29, 0.717) is 0 Å². The Hall–Kier alpha value is -1.56. The number of rotatable bonds is 3. The van der Waals surface area contributed by atoms with Gasteiger partial charge in [-0.2, -0.15) is 13.2 Å². The van der Waals surface area contributed by atoms with Crippen LogP contribution in [0.2, 0.25) is 0 Å². The van der Waals surface area contributed by atoms with Crippen LogP contribution in [0.5, 0.6) is 0 Å². The van der Waals surface area contributed by atoms with E-state index in [1.165, 1.54) is 18.2 Å². The molecule has 1 aromatic carbocycles. The smallest absolute Gasteiger partial charge is 0.410 e. The molecule has 2 unspecified atom stereocenters. The van der Waals surface area contributed by atoms with Crippen LogP contribution in [0.4, 0.5) is 13.2 Å². The maximum absolute atomic E-state index is 13.1. The van der Waals surface area contributed by atoms with E-state index in [2.05, 4.69) is 0 Å².